The molecule has 0 spiro atoms. The summed E-state index contributed by atoms with van der Waals surface area (Å²) in [5.74, 6) is -2.58. The van der Waals surface area contributed by atoms with Gasteiger partial charge in [0.15, 0.2) is 0 Å². The first-order valence-electron chi connectivity index (χ1n) is 5.06. The zero-order valence-corrected chi connectivity index (χ0v) is 8.89. The van der Waals surface area contributed by atoms with Crippen LogP contribution in [0.25, 0.3) is 0 Å². The fourth-order valence-electron chi connectivity index (χ4n) is 1.81. The SMILES string of the molecule is NC(=O)c1cc(F)ccc1N1CC(C(=O)O)C1. The Balaban J connectivity index is 2.23. The lowest BCUT2D eigenvalue weighted by atomic mass is 9.98. The average molecular weight is 238 g/mol. The van der Waals surface area contributed by atoms with Gasteiger partial charge in [0.25, 0.3) is 5.91 Å². The highest BCUT2D eigenvalue weighted by molar-refractivity contribution is 5.99. The van der Waals surface area contributed by atoms with Gasteiger partial charge in [-0.3, -0.25) is 9.59 Å². The van der Waals surface area contributed by atoms with Crippen LogP contribution in [-0.4, -0.2) is 30.1 Å². The van der Waals surface area contributed by atoms with Crippen molar-refractivity contribution in [3.63, 3.8) is 0 Å². The number of hydrogen-bond acceptors (Lipinski definition) is 3. The van der Waals surface area contributed by atoms with Crippen LogP contribution >= 0.6 is 0 Å². The number of benzene rings is 1. The van der Waals surface area contributed by atoms with Crippen LogP contribution in [0.4, 0.5) is 10.1 Å². The van der Waals surface area contributed by atoms with Crippen LogP contribution in [0.15, 0.2) is 18.2 Å². The maximum absolute atomic E-state index is 13.0. The quantitative estimate of drug-likeness (QED) is 0.800. The molecule has 1 aromatic rings. The monoisotopic (exact) mass is 238 g/mol. The van der Waals surface area contributed by atoms with E-state index in [2.05, 4.69) is 0 Å². The van der Waals surface area contributed by atoms with E-state index in [1.807, 2.05) is 0 Å². The Kier molecular flexibility index (Phi) is 2.71. The van der Waals surface area contributed by atoms with Crippen LogP contribution in [0.3, 0.4) is 0 Å². The van der Waals surface area contributed by atoms with Crippen LogP contribution in [-0.2, 0) is 4.79 Å². The van der Waals surface area contributed by atoms with E-state index in [9.17, 15) is 14.0 Å². The van der Waals surface area contributed by atoms with Crippen molar-refractivity contribution in [1.29, 1.82) is 0 Å². The summed E-state index contributed by atoms with van der Waals surface area (Å²) in [6.07, 6.45) is 0. The second kappa shape index (κ2) is 4.04. The maximum Gasteiger partial charge on any atom is 0.310 e. The van der Waals surface area contributed by atoms with Crippen molar-refractivity contribution in [2.45, 2.75) is 0 Å². The minimum Gasteiger partial charge on any atom is -0.481 e. The van der Waals surface area contributed by atoms with Crippen LogP contribution in [0.5, 0.6) is 0 Å². The molecule has 0 bridgehead atoms. The molecule has 3 N–H and O–H groups in total. The third-order valence-electron chi connectivity index (χ3n) is 2.80. The van der Waals surface area contributed by atoms with Gasteiger partial charge in [-0.05, 0) is 18.2 Å². The topological polar surface area (TPSA) is 83.6 Å². The highest BCUT2D eigenvalue weighted by atomic mass is 19.1. The minimum atomic E-state index is -0.871. The van der Waals surface area contributed by atoms with Gasteiger partial charge < -0.3 is 15.7 Å². The lowest BCUT2D eigenvalue weighted by Gasteiger charge is -2.39. The van der Waals surface area contributed by atoms with Gasteiger partial charge >= 0.3 is 5.97 Å². The van der Waals surface area contributed by atoms with E-state index in [1.165, 1.54) is 12.1 Å². The molecule has 5 nitrogen and oxygen atoms in total. The third-order valence-corrected chi connectivity index (χ3v) is 2.80. The Bertz CT molecular complexity index is 484. The number of aliphatic carboxylic acids is 1. The smallest absolute Gasteiger partial charge is 0.310 e. The Hall–Kier alpha value is -2.11. The Morgan fingerprint density at radius 3 is 2.59 bits per heavy atom. The van der Waals surface area contributed by atoms with Gasteiger partial charge in [-0.25, -0.2) is 4.39 Å². The molecular weight excluding hydrogens is 227 g/mol. The van der Waals surface area contributed by atoms with Crippen LogP contribution < -0.4 is 10.6 Å². The number of carboxylic acids is 1. The molecule has 2 rings (SSSR count). The summed E-state index contributed by atoms with van der Waals surface area (Å²) in [6, 6.07) is 3.72. The number of nitrogens with two attached hydrogens (primary N) is 1. The van der Waals surface area contributed by atoms with Crippen LogP contribution in [0, 0.1) is 11.7 Å². The number of carboxylic acid groups (broad SMARTS) is 1. The summed E-state index contributed by atoms with van der Waals surface area (Å²) in [5.41, 5.74) is 5.71. The van der Waals surface area contributed by atoms with Gasteiger partial charge in [-0.1, -0.05) is 0 Å². The third kappa shape index (κ3) is 2.06. The predicted molar refractivity (Wildman–Crippen MR) is 58.3 cm³/mol. The molecule has 0 radical (unpaired) electrons. The average Bonchev–Trinajstić information content (AvgIpc) is 2.16. The summed E-state index contributed by atoms with van der Waals surface area (Å²) in [6.45, 7) is 0.614. The van der Waals surface area contributed by atoms with Gasteiger partial charge in [-0.15, -0.1) is 0 Å². The normalized spacial score (nSPS) is 15.5. The zero-order valence-electron chi connectivity index (χ0n) is 8.89. The van der Waals surface area contributed by atoms with E-state index in [0.717, 1.165) is 6.07 Å². The van der Waals surface area contributed by atoms with E-state index in [0.29, 0.717) is 18.8 Å². The first-order valence-corrected chi connectivity index (χ1v) is 5.06. The first-order chi connectivity index (χ1) is 7.99. The van der Waals surface area contributed by atoms with Crippen molar-refractivity contribution in [1.82, 2.24) is 0 Å². The molecule has 1 amide bonds. The van der Waals surface area contributed by atoms with Gasteiger partial charge in [0.05, 0.1) is 11.5 Å². The van der Waals surface area contributed by atoms with Crippen LogP contribution in [0.1, 0.15) is 10.4 Å². The number of amides is 1. The molecule has 0 aliphatic carbocycles. The summed E-state index contributed by atoms with van der Waals surface area (Å²) in [5, 5.41) is 8.74. The number of primary amides is 1. The second-order valence-electron chi connectivity index (χ2n) is 3.97. The first kappa shape index (κ1) is 11.4. The van der Waals surface area contributed by atoms with E-state index in [-0.39, 0.29) is 5.56 Å². The zero-order chi connectivity index (χ0) is 12.6. The molecule has 1 aliphatic heterocycles. The predicted octanol–water partition coefficient (Wildman–Crippen LogP) is 0.445. The van der Waals surface area contributed by atoms with Crippen molar-refractivity contribution in [2.24, 2.45) is 11.7 Å². The molecule has 1 heterocycles. The number of anilines is 1. The summed E-state index contributed by atoms with van der Waals surface area (Å²) in [4.78, 5) is 23.5. The molecule has 90 valence electrons. The molecule has 17 heavy (non-hydrogen) atoms. The lowest BCUT2D eigenvalue weighted by molar-refractivity contribution is -0.142. The number of halogens is 1. The van der Waals surface area contributed by atoms with E-state index >= 15 is 0 Å². The molecule has 1 saturated heterocycles. The van der Waals surface area contributed by atoms with Gasteiger partial charge in [0.2, 0.25) is 0 Å². The molecule has 0 unspecified atom stereocenters. The number of carbonyl (C=O) groups is 2. The molecule has 1 aromatic carbocycles. The number of carbonyl (C=O) groups excluding carboxylic acids is 1. The number of nitrogens with zero attached hydrogens (tertiary/aromatic N) is 1. The number of hydrogen-bond donors (Lipinski definition) is 2. The van der Waals surface area contributed by atoms with Crippen molar-refractivity contribution < 1.29 is 19.1 Å². The standard InChI is InChI=1S/C11H11FN2O3/c12-7-1-2-9(8(3-7)10(13)15)14-4-6(5-14)11(16)17/h1-3,6H,4-5H2,(H2,13,15)(H,16,17). The maximum atomic E-state index is 13.0. The Morgan fingerprint density at radius 1 is 1.41 bits per heavy atom. The number of rotatable bonds is 3. The molecule has 1 aliphatic rings. The highest BCUT2D eigenvalue weighted by Gasteiger charge is 2.34. The molecule has 0 saturated carbocycles. The molecule has 6 heteroatoms. The molecule has 1 fully saturated rings. The fourth-order valence-corrected chi connectivity index (χ4v) is 1.81. The van der Waals surface area contributed by atoms with E-state index in [4.69, 9.17) is 10.8 Å². The van der Waals surface area contributed by atoms with Gasteiger partial charge in [0, 0.05) is 18.8 Å². The summed E-state index contributed by atoms with van der Waals surface area (Å²) in [7, 11) is 0. The van der Waals surface area contributed by atoms with Crippen molar-refractivity contribution in [3.8, 4) is 0 Å². The summed E-state index contributed by atoms with van der Waals surface area (Å²) >= 11 is 0. The highest BCUT2D eigenvalue weighted by Crippen LogP contribution is 2.28. The Morgan fingerprint density at radius 2 is 2.06 bits per heavy atom. The Labute approximate surface area is 96.6 Å². The van der Waals surface area contributed by atoms with Crippen molar-refractivity contribution in [3.05, 3.63) is 29.6 Å². The van der Waals surface area contributed by atoms with Gasteiger partial charge in [0.1, 0.15) is 5.82 Å². The summed E-state index contributed by atoms with van der Waals surface area (Å²) < 4.78 is 13.0. The largest absolute Gasteiger partial charge is 0.481 e. The molecule has 0 atom stereocenters. The van der Waals surface area contributed by atoms with Crippen molar-refractivity contribution in [2.75, 3.05) is 18.0 Å². The minimum absolute atomic E-state index is 0.0776. The van der Waals surface area contributed by atoms with E-state index in [1.54, 1.807) is 4.90 Å². The van der Waals surface area contributed by atoms with Crippen molar-refractivity contribution >= 4 is 17.6 Å². The van der Waals surface area contributed by atoms with E-state index < -0.39 is 23.6 Å². The van der Waals surface area contributed by atoms with Gasteiger partial charge in [-0.2, -0.15) is 0 Å². The second-order valence-corrected chi connectivity index (χ2v) is 3.97. The molecular formula is C11H11FN2O3. The van der Waals surface area contributed by atoms with Crippen LogP contribution in [0.2, 0.25) is 0 Å². The fraction of sp³-hybridized carbons (Fsp3) is 0.273. The molecule has 0 aromatic heterocycles. The lowest BCUT2D eigenvalue weighted by Crippen LogP contribution is -2.51.